The molecule has 0 spiro atoms. The van der Waals surface area contributed by atoms with Gasteiger partial charge in [0.05, 0.1) is 0 Å². The second-order valence-electron chi connectivity index (χ2n) is 8.54. The molecule has 34 heavy (non-hydrogen) atoms. The van der Waals surface area contributed by atoms with Crippen molar-refractivity contribution in [3.8, 4) is 0 Å². The van der Waals surface area contributed by atoms with Gasteiger partial charge in [0.1, 0.15) is 6.04 Å². The molecule has 0 fully saturated rings. The van der Waals surface area contributed by atoms with E-state index in [9.17, 15) is 9.59 Å². The van der Waals surface area contributed by atoms with Crippen LogP contribution < -0.4 is 5.32 Å². The number of carbonyl (C=O) groups is 2. The number of hydrogen-bond acceptors (Lipinski definition) is 2. The summed E-state index contributed by atoms with van der Waals surface area (Å²) in [7, 11) is 0. The van der Waals surface area contributed by atoms with Crippen molar-refractivity contribution in [1.82, 2.24) is 10.2 Å². The number of nitrogens with zero attached hydrogens (tertiary/aromatic N) is 1. The SMILES string of the molecule is CCCNC(=O)C(Cc1ccccc1)N(Cc1ccccc1C)C(=O)CCc1ccccc1Cl. The number of halogens is 1. The third kappa shape index (κ3) is 7.19. The summed E-state index contributed by atoms with van der Waals surface area (Å²) < 4.78 is 0. The first-order chi connectivity index (χ1) is 16.5. The number of carbonyl (C=O) groups excluding carboxylic acids is 2. The highest BCUT2D eigenvalue weighted by molar-refractivity contribution is 6.31. The van der Waals surface area contributed by atoms with Crippen molar-refractivity contribution in [1.29, 1.82) is 0 Å². The Morgan fingerprint density at radius 3 is 2.24 bits per heavy atom. The minimum atomic E-state index is -0.604. The Bertz CT molecular complexity index is 1080. The minimum absolute atomic E-state index is 0.0595. The van der Waals surface area contributed by atoms with Crippen LogP contribution in [0.15, 0.2) is 78.9 Å². The van der Waals surface area contributed by atoms with Crippen LogP contribution in [0.1, 0.15) is 42.0 Å². The molecule has 0 saturated carbocycles. The summed E-state index contributed by atoms with van der Waals surface area (Å²) in [5.41, 5.74) is 4.09. The third-order valence-corrected chi connectivity index (χ3v) is 6.36. The van der Waals surface area contributed by atoms with Gasteiger partial charge >= 0.3 is 0 Å². The fourth-order valence-corrected chi connectivity index (χ4v) is 4.21. The molecule has 1 unspecified atom stereocenters. The lowest BCUT2D eigenvalue weighted by Gasteiger charge is -2.32. The van der Waals surface area contributed by atoms with Gasteiger partial charge < -0.3 is 10.2 Å². The highest BCUT2D eigenvalue weighted by Crippen LogP contribution is 2.21. The van der Waals surface area contributed by atoms with Crippen LogP contribution in [0.5, 0.6) is 0 Å². The Kier molecular flexibility index (Phi) is 9.72. The van der Waals surface area contributed by atoms with Gasteiger partial charge in [0, 0.05) is 31.0 Å². The second-order valence-corrected chi connectivity index (χ2v) is 8.94. The molecule has 1 atom stereocenters. The van der Waals surface area contributed by atoms with E-state index >= 15 is 0 Å². The molecule has 0 aliphatic heterocycles. The van der Waals surface area contributed by atoms with E-state index in [0.29, 0.717) is 31.0 Å². The first-order valence-corrected chi connectivity index (χ1v) is 12.3. The van der Waals surface area contributed by atoms with Crippen LogP contribution in [0, 0.1) is 6.92 Å². The molecule has 5 heteroatoms. The van der Waals surface area contributed by atoms with Crippen LogP contribution in [0.25, 0.3) is 0 Å². The van der Waals surface area contributed by atoms with E-state index in [0.717, 1.165) is 28.7 Å². The Morgan fingerprint density at radius 1 is 0.912 bits per heavy atom. The molecule has 3 rings (SSSR count). The number of nitrogens with one attached hydrogen (secondary N) is 1. The molecule has 3 aromatic carbocycles. The van der Waals surface area contributed by atoms with Crippen LogP contribution >= 0.6 is 11.6 Å². The van der Waals surface area contributed by atoms with E-state index in [1.807, 2.05) is 92.7 Å². The summed E-state index contributed by atoms with van der Waals surface area (Å²) in [4.78, 5) is 28.7. The molecule has 0 aliphatic carbocycles. The molecule has 0 bridgehead atoms. The summed E-state index contributed by atoms with van der Waals surface area (Å²) in [6, 6.07) is 24.9. The van der Waals surface area contributed by atoms with E-state index in [-0.39, 0.29) is 18.2 Å². The van der Waals surface area contributed by atoms with Gasteiger partial charge in [-0.1, -0.05) is 91.3 Å². The molecule has 0 radical (unpaired) electrons. The first-order valence-electron chi connectivity index (χ1n) is 11.9. The van der Waals surface area contributed by atoms with E-state index in [1.54, 1.807) is 4.90 Å². The normalized spacial score (nSPS) is 11.6. The maximum absolute atomic E-state index is 13.7. The fourth-order valence-electron chi connectivity index (χ4n) is 3.98. The largest absolute Gasteiger partial charge is 0.354 e. The average molecular weight is 477 g/mol. The fraction of sp³-hybridized carbons (Fsp3) is 0.310. The molecule has 2 amide bonds. The Morgan fingerprint density at radius 2 is 1.56 bits per heavy atom. The second kappa shape index (κ2) is 13.0. The van der Waals surface area contributed by atoms with Gasteiger partial charge in [-0.3, -0.25) is 9.59 Å². The number of benzene rings is 3. The predicted octanol–water partition coefficient (Wildman–Crippen LogP) is 5.75. The number of hydrogen-bond donors (Lipinski definition) is 1. The molecule has 1 N–H and O–H groups in total. The predicted molar refractivity (Wildman–Crippen MR) is 139 cm³/mol. The average Bonchev–Trinajstić information content (AvgIpc) is 2.85. The van der Waals surface area contributed by atoms with Crippen LogP contribution in [-0.4, -0.2) is 29.3 Å². The quantitative estimate of drug-likeness (QED) is 0.383. The highest BCUT2D eigenvalue weighted by atomic mass is 35.5. The summed E-state index contributed by atoms with van der Waals surface area (Å²) in [5.74, 6) is -0.180. The first kappa shape index (κ1) is 25.5. The van der Waals surface area contributed by atoms with Gasteiger partial charge in [0.25, 0.3) is 0 Å². The molecule has 0 heterocycles. The standard InChI is InChI=1S/C29H33ClN2O2/c1-3-19-31-29(34)27(20-23-12-5-4-6-13-23)32(21-25-15-8-7-11-22(25)2)28(33)18-17-24-14-9-10-16-26(24)30/h4-16,27H,3,17-21H2,1-2H3,(H,31,34). The summed E-state index contributed by atoms with van der Waals surface area (Å²) in [6.07, 6.45) is 2.10. The number of aryl methyl sites for hydroxylation is 2. The van der Waals surface area contributed by atoms with Gasteiger partial charge in [0.15, 0.2) is 0 Å². The lowest BCUT2D eigenvalue weighted by molar-refractivity contribution is -0.141. The van der Waals surface area contributed by atoms with Crippen molar-refractivity contribution in [2.75, 3.05) is 6.54 Å². The lowest BCUT2D eigenvalue weighted by Crippen LogP contribution is -2.50. The Balaban J connectivity index is 1.91. The smallest absolute Gasteiger partial charge is 0.243 e. The molecule has 0 saturated heterocycles. The topological polar surface area (TPSA) is 49.4 Å². The van der Waals surface area contributed by atoms with Crippen LogP contribution in [-0.2, 0) is 29.0 Å². The summed E-state index contributed by atoms with van der Waals surface area (Å²) in [5, 5.41) is 3.67. The van der Waals surface area contributed by atoms with E-state index < -0.39 is 6.04 Å². The van der Waals surface area contributed by atoms with E-state index in [4.69, 9.17) is 11.6 Å². The monoisotopic (exact) mass is 476 g/mol. The van der Waals surface area contributed by atoms with Crippen molar-refractivity contribution in [2.45, 2.75) is 52.1 Å². The van der Waals surface area contributed by atoms with Crippen molar-refractivity contribution >= 4 is 23.4 Å². The zero-order valence-corrected chi connectivity index (χ0v) is 20.7. The molecule has 0 aromatic heterocycles. The number of rotatable bonds is 11. The van der Waals surface area contributed by atoms with Gasteiger partial charge in [-0.2, -0.15) is 0 Å². The zero-order valence-electron chi connectivity index (χ0n) is 20.0. The van der Waals surface area contributed by atoms with Crippen molar-refractivity contribution in [3.63, 3.8) is 0 Å². The van der Waals surface area contributed by atoms with E-state index in [1.165, 1.54) is 0 Å². The minimum Gasteiger partial charge on any atom is -0.354 e. The third-order valence-electron chi connectivity index (χ3n) is 5.99. The van der Waals surface area contributed by atoms with Crippen molar-refractivity contribution < 1.29 is 9.59 Å². The van der Waals surface area contributed by atoms with Gasteiger partial charge in [-0.25, -0.2) is 0 Å². The lowest BCUT2D eigenvalue weighted by atomic mass is 10.0. The Hall–Kier alpha value is -3.11. The number of amides is 2. The van der Waals surface area contributed by atoms with Crippen LogP contribution in [0.3, 0.4) is 0 Å². The molecule has 0 aliphatic rings. The van der Waals surface area contributed by atoms with Crippen molar-refractivity contribution in [2.24, 2.45) is 0 Å². The maximum atomic E-state index is 13.7. The molecular weight excluding hydrogens is 444 g/mol. The molecule has 4 nitrogen and oxygen atoms in total. The van der Waals surface area contributed by atoms with Gasteiger partial charge in [-0.15, -0.1) is 0 Å². The molecular formula is C29H33ClN2O2. The van der Waals surface area contributed by atoms with Crippen LogP contribution in [0.2, 0.25) is 5.02 Å². The zero-order chi connectivity index (χ0) is 24.3. The highest BCUT2D eigenvalue weighted by Gasteiger charge is 2.30. The Labute approximate surface area is 207 Å². The van der Waals surface area contributed by atoms with Crippen molar-refractivity contribution in [3.05, 3.63) is 106 Å². The maximum Gasteiger partial charge on any atom is 0.243 e. The van der Waals surface area contributed by atoms with E-state index in [2.05, 4.69) is 5.32 Å². The van der Waals surface area contributed by atoms with Gasteiger partial charge in [-0.05, 0) is 48.1 Å². The summed E-state index contributed by atoms with van der Waals surface area (Å²) >= 11 is 6.33. The molecule has 178 valence electrons. The van der Waals surface area contributed by atoms with Crippen LogP contribution in [0.4, 0.5) is 0 Å². The van der Waals surface area contributed by atoms with Gasteiger partial charge in [0.2, 0.25) is 11.8 Å². The summed E-state index contributed by atoms with van der Waals surface area (Å²) in [6.45, 7) is 5.01. The molecule has 3 aromatic rings.